The molecule has 0 radical (unpaired) electrons. The Balaban J connectivity index is 1.51. The van der Waals surface area contributed by atoms with Crippen LogP contribution >= 0.6 is 11.6 Å². The molecule has 2 atom stereocenters. The second-order valence-corrected chi connectivity index (χ2v) is 10.6. The van der Waals surface area contributed by atoms with E-state index >= 15 is 0 Å². The molecule has 1 saturated heterocycles. The number of fused-ring (bicyclic) bond motifs is 2. The fraction of sp³-hybridized carbons (Fsp3) is 0.520. The van der Waals surface area contributed by atoms with Crippen LogP contribution in [0.1, 0.15) is 44.7 Å². The molecule has 2 aliphatic rings. The molecule has 0 spiro atoms. The second-order valence-electron chi connectivity index (χ2n) is 10.2. The summed E-state index contributed by atoms with van der Waals surface area (Å²) in [5.74, 6) is 0.875. The van der Waals surface area contributed by atoms with Gasteiger partial charge < -0.3 is 24.8 Å². The van der Waals surface area contributed by atoms with Crippen molar-refractivity contribution in [2.24, 2.45) is 11.8 Å². The van der Waals surface area contributed by atoms with Gasteiger partial charge in [0.25, 0.3) is 0 Å². The van der Waals surface area contributed by atoms with Crippen LogP contribution in [0.5, 0.6) is 5.88 Å². The summed E-state index contributed by atoms with van der Waals surface area (Å²) in [6, 6.07) is 7.04. The number of halogens is 1. The number of aromatic nitrogens is 2. The molecule has 2 aromatic rings. The summed E-state index contributed by atoms with van der Waals surface area (Å²) in [5, 5.41) is 23.0. The Morgan fingerprint density at radius 1 is 1.26 bits per heavy atom. The number of aliphatic hydroxyl groups is 1. The highest BCUT2D eigenvalue weighted by Crippen LogP contribution is 2.39. The first-order valence-corrected chi connectivity index (χ1v) is 12.0. The molecular weight excluding hydrogens is 470 g/mol. The van der Waals surface area contributed by atoms with Crippen LogP contribution in [-0.2, 0) is 4.74 Å². The van der Waals surface area contributed by atoms with Gasteiger partial charge in [-0.25, -0.2) is 14.8 Å². The Bertz CT molecular complexity index is 1130. The Morgan fingerprint density at radius 2 is 1.94 bits per heavy atom. The predicted octanol–water partition coefficient (Wildman–Crippen LogP) is 4.44. The van der Waals surface area contributed by atoms with E-state index in [1.54, 1.807) is 23.1 Å². The minimum absolute atomic E-state index is 0.0521. The van der Waals surface area contributed by atoms with E-state index in [0.717, 1.165) is 0 Å². The number of amides is 1. The van der Waals surface area contributed by atoms with Crippen LogP contribution in [0.2, 0.25) is 5.02 Å². The highest BCUT2D eigenvalue weighted by atomic mass is 35.5. The summed E-state index contributed by atoms with van der Waals surface area (Å²) in [6.45, 7) is 8.29. The number of ether oxygens (including phenoxy) is 2. The fourth-order valence-corrected chi connectivity index (χ4v) is 4.96. The van der Waals surface area contributed by atoms with Crippen molar-refractivity contribution in [3.63, 3.8) is 0 Å². The van der Waals surface area contributed by atoms with E-state index < -0.39 is 11.7 Å². The molecule has 10 heteroatoms. The molecule has 4 rings (SSSR count). The van der Waals surface area contributed by atoms with Crippen molar-refractivity contribution >= 4 is 29.2 Å². The maximum Gasteiger partial charge on any atom is 0.410 e. The van der Waals surface area contributed by atoms with Crippen LogP contribution in [-0.4, -0.2) is 57.0 Å². The largest absolute Gasteiger partial charge is 0.473 e. The molecule has 2 unspecified atom stereocenters. The van der Waals surface area contributed by atoms with Crippen LogP contribution in [0.15, 0.2) is 24.5 Å². The average Bonchev–Trinajstić information content (AvgIpc) is 2.76. The topological polar surface area (TPSA) is 121 Å². The van der Waals surface area contributed by atoms with Crippen molar-refractivity contribution in [3.05, 3.63) is 40.7 Å². The number of aliphatic hydroxyl groups excluding tert-OH is 1. The molecule has 1 amide bonds. The van der Waals surface area contributed by atoms with E-state index in [9.17, 15) is 9.90 Å². The maximum absolute atomic E-state index is 12.7. The number of likely N-dealkylation sites (tertiary alicyclic amines) is 1. The fourth-order valence-electron chi connectivity index (χ4n) is 4.74. The molecule has 2 N–H and O–H groups in total. The third-order valence-electron chi connectivity index (χ3n) is 6.28. The molecule has 35 heavy (non-hydrogen) atoms. The lowest BCUT2D eigenvalue weighted by atomic mass is 9.74. The number of rotatable bonds is 4. The minimum atomic E-state index is -0.571. The van der Waals surface area contributed by atoms with E-state index in [2.05, 4.69) is 21.4 Å². The van der Waals surface area contributed by atoms with E-state index in [0.29, 0.717) is 59.5 Å². The highest BCUT2D eigenvalue weighted by Gasteiger charge is 2.46. The van der Waals surface area contributed by atoms with E-state index in [-0.39, 0.29) is 24.0 Å². The lowest BCUT2D eigenvalue weighted by Gasteiger charge is -2.48. The van der Waals surface area contributed by atoms with Crippen molar-refractivity contribution in [3.8, 4) is 11.9 Å². The standard InChI is InChI=1S/C25H30ClN5O4/c1-14-22(30-20-6-5-15(10-27)7-19(20)26)28-13-29-23(14)34-21-16-8-18(32)9-17(21)12-31(11-16)24(33)35-25(2,3)4/h5-7,13,16-18,21,32H,8-9,11-12H2,1-4H3,(H,28,29,30). The van der Waals surface area contributed by atoms with Crippen LogP contribution < -0.4 is 10.1 Å². The number of hydrogen-bond donors (Lipinski definition) is 2. The van der Waals surface area contributed by atoms with Gasteiger partial charge in [-0.05, 0) is 58.7 Å². The van der Waals surface area contributed by atoms with Gasteiger partial charge in [-0.15, -0.1) is 0 Å². The molecule has 1 aliphatic heterocycles. The SMILES string of the molecule is Cc1c(Nc2ccc(C#N)cc2Cl)ncnc1OC1C2CC(O)CC1CN(C(=O)OC(C)(C)C)C2. The monoisotopic (exact) mass is 499 g/mol. The Kier molecular flexibility index (Phi) is 7.06. The zero-order valence-corrected chi connectivity index (χ0v) is 21.0. The molecule has 186 valence electrons. The quantitative estimate of drug-likeness (QED) is 0.633. The second kappa shape index (κ2) is 9.88. The Morgan fingerprint density at radius 3 is 2.54 bits per heavy atom. The summed E-state index contributed by atoms with van der Waals surface area (Å²) < 4.78 is 12.0. The summed E-state index contributed by atoms with van der Waals surface area (Å²) in [6.07, 6.45) is 1.53. The number of nitrogens with one attached hydrogen (secondary N) is 1. The molecule has 9 nitrogen and oxygen atoms in total. The average molecular weight is 500 g/mol. The number of piperidine rings is 1. The zero-order valence-electron chi connectivity index (χ0n) is 20.3. The van der Waals surface area contributed by atoms with Gasteiger partial charge in [0.05, 0.1) is 34.0 Å². The molecule has 1 aliphatic carbocycles. The number of carbonyl (C=O) groups is 1. The first-order chi connectivity index (χ1) is 16.5. The molecule has 2 fully saturated rings. The number of anilines is 2. The highest BCUT2D eigenvalue weighted by molar-refractivity contribution is 6.33. The first kappa shape index (κ1) is 25.0. The number of hydrogen-bond acceptors (Lipinski definition) is 8. The summed E-state index contributed by atoms with van der Waals surface area (Å²) >= 11 is 6.31. The van der Waals surface area contributed by atoms with Crippen molar-refractivity contribution in [2.45, 2.75) is 58.3 Å². The normalized spacial score (nSPS) is 23.9. The van der Waals surface area contributed by atoms with Gasteiger partial charge in [-0.2, -0.15) is 5.26 Å². The van der Waals surface area contributed by atoms with Crippen LogP contribution in [0.4, 0.5) is 16.3 Å². The molecule has 2 bridgehead atoms. The third-order valence-corrected chi connectivity index (χ3v) is 6.59. The molecule has 1 aromatic carbocycles. The van der Waals surface area contributed by atoms with Gasteiger partial charge in [-0.1, -0.05) is 11.6 Å². The molecule has 2 heterocycles. The Hall–Kier alpha value is -3.09. The van der Waals surface area contributed by atoms with Gasteiger partial charge in [0.15, 0.2) is 0 Å². The summed E-state index contributed by atoms with van der Waals surface area (Å²) in [4.78, 5) is 23.1. The zero-order chi connectivity index (χ0) is 25.3. The van der Waals surface area contributed by atoms with Gasteiger partial charge in [-0.3, -0.25) is 0 Å². The molecular formula is C25H30ClN5O4. The summed E-state index contributed by atoms with van der Waals surface area (Å²) in [7, 11) is 0. The van der Waals surface area contributed by atoms with Gasteiger partial charge >= 0.3 is 6.09 Å². The van der Waals surface area contributed by atoms with E-state index in [1.807, 2.05) is 27.7 Å². The maximum atomic E-state index is 12.7. The van der Waals surface area contributed by atoms with Crippen molar-refractivity contribution in [1.29, 1.82) is 5.26 Å². The van der Waals surface area contributed by atoms with E-state index in [1.165, 1.54) is 6.33 Å². The van der Waals surface area contributed by atoms with Crippen LogP contribution in [0, 0.1) is 30.1 Å². The Labute approximate surface area is 210 Å². The number of benzene rings is 1. The minimum Gasteiger partial charge on any atom is -0.473 e. The smallest absolute Gasteiger partial charge is 0.410 e. The lowest BCUT2D eigenvalue weighted by Crippen LogP contribution is -2.58. The van der Waals surface area contributed by atoms with Crippen molar-refractivity contribution < 1.29 is 19.4 Å². The lowest BCUT2D eigenvalue weighted by molar-refractivity contribution is -0.0789. The molecule has 1 saturated carbocycles. The van der Waals surface area contributed by atoms with Crippen molar-refractivity contribution in [1.82, 2.24) is 14.9 Å². The number of carbonyl (C=O) groups excluding carboxylic acids is 1. The van der Waals surface area contributed by atoms with Crippen LogP contribution in [0.3, 0.4) is 0 Å². The first-order valence-electron chi connectivity index (χ1n) is 11.6. The van der Waals surface area contributed by atoms with E-state index in [4.69, 9.17) is 26.3 Å². The van der Waals surface area contributed by atoms with Crippen molar-refractivity contribution in [2.75, 3.05) is 18.4 Å². The van der Waals surface area contributed by atoms with Gasteiger partial charge in [0.1, 0.15) is 23.9 Å². The number of nitriles is 1. The van der Waals surface area contributed by atoms with Crippen LogP contribution in [0.25, 0.3) is 0 Å². The van der Waals surface area contributed by atoms with Gasteiger partial charge in [0.2, 0.25) is 5.88 Å². The summed E-state index contributed by atoms with van der Waals surface area (Å²) in [5.41, 5.74) is 1.22. The predicted molar refractivity (Wildman–Crippen MR) is 131 cm³/mol. The molecule has 1 aromatic heterocycles. The third kappa shape index (κ3) is 5.77. The number of nitrogens with zero attached hydrogens (tertiary/aromatic N) is 4. The van der Waals surface area contributed by atoms with Gasteiger partial charge in [0, 0.05) is 24.9 Å².